The van der Waals surface area contributed by atoms with Crippen molar-refractivity contribution >= 4 is 11.5 Å². The van der Waals surface area contributed by atoms with E-state index in [2.05, 4.69) is 17.1 Å². The number of benzene rings is 2. The van der Waals surface area contributed by atoms with Crippen molar-refractivity contribution in [2.24, 2.45) is 21.9 Å². The van der Waals surface area contributed by atoms with Crippen molar-refractivity contribution < 1.29 is 4.74 Å². The van der Waals surface area contributed by atoms with Crippen molar-refractivity contribution in [2.75, 3.05) is 0 Å². The molecular weight excluding hydrogens is 262 g/mol. The molecule has 0 saturated carbocycles. The van der Waals surface area contributed by atoms with Gasteiger partial charge in [0.05, 0.1) is 5.71 Å². The van der Waals surface area contributed by atoms with Gasteiger partial charge in [-0.05, 0) is 24.3 Å². The number of amidine groups is 1. The second-order valence-corrected chi connectivity index (χ2v) is 5.12. The van der Waals surface area contributed by atoms with Crippen LogP contribution in [-0.4, -0.2) is 11.5 Å². The predicted octanol–water partition coefficient (Wildman–Crippen LogP) is 3.58. The third kappa shape index (κ3) is 3.11. The minimum atomic E-state index is 0.259. The summed E-state index contributed by atoms with van der Waals surface area (Å²) >= 11 is 0. The van der Waals surface area contributed by atoms with Gasteiger partial charge in [-0.25, -0.2) is 0 Å². The Labute approximate surface area is 124 Å². The molecule has 0 fully saturated rings. The fourth-order valence-corrected chi connectivity index (χ4v) is 2.35. The molecule has 1 atom stereocenters. The van der Waals surface area contributed by atoms with Gasteiger partial charge in [-0.15, -0.1) is 5.10 Å². The van der Waals surface area contributed by atoms with Crippen LogP contribution in [0, 0.1) is 5.92 Å². The maximum Gasteiger partial charge on any atom is 0.128 e. The van der Waals surface area contributed by atoms with E-state index in [9.17, 15) is 0 Å². The Hall–Kier alpha value is -2.62. The minimum absolute atomic E-state index is 0.259. The van der Waals surface area contributed by atoms with Gasteiger partial charge < -0.3 is 10.5 Å². The molecule has 0 spiro atoms. The lowest BCUT2D eigenvalue weighted by molar-refractivity contribution is 0.482. The quantitative estimate of drug-likeness (QED) is 0.933. The molecule has 3 rings (SSSR count). The van der Waals surface area contributed by atoms with Gasteiger partial charge in [-0.2, -0.15) is 5.10 Å². The smallest absolute Gasteiger partial charge is 0.128 e. The normalized spacial score (nSPS) is 17.9. The zero-order chi connectivity index (χ0) is 14.7. The molecule has 0 bridgehead atoms. The van der Waals surface area contributed by atoms with Gasteiger partial charge in [-0.1, -0.05) is 37.3 Å². The van der Waals surface area contributed by atoms with Gasteiger partial charge in [0.15, 0.2) is 0 Å². The highest BCUT2D eigenvalue weighted by atomic mass is 16.5. The molecule has 2 N–H and O–H groups in total. The summed E-state index contributed by atoms with van der Waals surface area (Å²) in [4.78, 5) is 0. The zero-order valence-corrected chi connectivity index (χ0v) is 11.9. The van der Waals surface area contributed by atoms with Crippen LogP contribution in [0.3, 0.4) is 0 Å². The molecule has 0 radical (unpaired) electrons. The van der Waals surface area contributed by atoms with E-state index in [-0.39, 0.29) is 5.92 Å². The highest BCUT2D eigenvalue weighted by Crippen LogP contribution is 2.24. The maximum absolute atomic E-state index is 5.85. The number of rotatable bonds is 3. The van der Waals surface area contributed by atoms with Crippen LogP contribution in [0.1, 0.15) is 18.9 Å². The molecule has 2 aromatic carbocycles. The fourth-order valence-electron chi connectivity index (χ4n) is 2.35. The molecule has 0 aliphatic carbocycles. The lowest BCUT2D eigenvalue weighted by Crippen LogP contribution is -2.25. The molecule has 4 nitrogen and oxygen atoms in total. The number of para-hydroxylation sites is 1. The van der Waals surface area contributed by atoms with Crippen LogP contribution < -0.4 is 10.5 Å². The van der Waals surface area contributed by atoms with Crippen LogP contribution >= 0.6 is 0 Å². The molecule has 0 aromatic heterocycles. The van der Waals surface area contributed by atoms with Gasteiger partial charge in [0, 0.05) is 17.9 Å². The van der Waals surface area contributed by atoms with Crippen LogP contribution in [0.4, 0.5) is 0 Å². The first-order valence-corrected chi connectivity index (χ1v) is 6.95. The summed E-state index contributed by atoms with van der Waals surface area (Å²) < 4.78 is 5.85. The second-order valence-electron chi connectivity index (χ2n) is 5.12. The Bertz CT molecular complexity index is 692. The number of nitrogens with zero attached hydrogens (tertiary/aromatic N) is 2. The minimum Gasteiger partial charge on any atom is -0.457 e. The van der Waals surface area contributed by atoms with Gasteiger partial charge in [0.2, 0.25) is 0 Å². The number of ether oxygens (including phenoxy) is 1. The molecule has 2 aromatic rings. The molecule has 106 valence electrons. The lowest BCUT2D eigenvalue weighted by Gasteiger charge is -2.17. The topological polar surface area (TPSA) is 60.0 Å². The van der Waals surface area contributed by atoms with Crippen molar-refractivity contribution in [1.82, 2.24) is 0 Å². The average Bonchev–Trinajstić information content (AvgIpc) is 2.48. The summed E-state index contributed by atoms with van der Waals surface area (Å²) in [6.45, 7) is 2.10. The summed E-state index contributed by atoms with van der Waals surface area (Å²) in [7, 11) is 0. The van der Waals surface area contributed by atoms with Crippen molar-refractivity contribution in [3.63, 3.8) is 0 Å². The molecule has 0 amide bonds. The van der Waals surface area contributed by atoms with Gasteiger partial charge >= 0.3 is 0 Å². The summed E-state index contributed by atoms with van der Waals surface area (Å²) in [6.07, 6.45) is 0.739. The third-order valence-corrected chi connectivity index (χ3v) is 3.38. The highest BCUT2D eigenvalue weighted by Gasteiger charge is 2.18. The van der Waals surface area contributed by atoms with Gasteiger partial charge in [0.1, 0.15) is 17.3 Å². The van der Waals surface area contributed by atoms with E-state index in [0.717, 1.165) is 29.2 Å². The highest BCUT2D eigenvalue weighted by molar-refractivity contribution is 6.05. The van der Waals surface area contributed by atoms with Crippen LogP contribution in [-0.2, 0) is 0 Å². The number of hydrogen-bond acceptors (Lipinski definition) is 4. The van der Waals surface area contributed by atoms with E-state index >= 15 is 0 Å². The molecule has 4 heteroatoms. The van der Waals surface area contributed by atoms with E-state index in [0.29, 0.717) is 5.84 Å². The maximum atomic E-state index is 5.85. The van der Waals surface area contributed by atoms with Crippen molar-refractivity contribution in [2.45, 2.75) is 13.3 Å². The predicted molar refractivity (Wildman–Crippen MR) is 84.9 cm³/mol. The Morgan fingerprint density at radius 3 is 2.52 bits per heavy atom. The Morgan fingerprint density at radius 2 is 1.76 bits per heavy atom. The summed E-state index contributed by atoms with van der Waals surface area (Å²) in [6, 6.07) is 17.6. The first-order valence-electron chi connectivity index (χ1n) is 6.95. The molecular formula is C17H17N3O. The molecule has 21 heavy (non-hydrogen) atoms. The number of hydrogen-bond donors (Lipinski definition) is 1. The van der Waals surface area contributed by atoms with Crippen LogP contribution in [0.25, 0.3) is 0 Å². The van der Waals surface area contributed by atoms with Crippen molar-refractivity contribution in [3.05, 3.63) is 60.2 Å². The second kappa shape index (κ2) is 5.79. The van der Waals surface area contributed by atoms with E-state index in [1.54, 1.807) is 0 Å². The third-order valence-electron chi connectivity index (χ3n) is 3.38. The molecule has 1 aliphatic heterocycles. The van der Waals surface area contributed by atoms with Crippen molar-refractivity contribution in [3.8, 4) is 11.5 Å². The monoisotopic (exact) mass is 279 g/mol. The summed E-state index contributed by atoms with van der Waals surface area (Å²) in [5.74, 6) is 2.45. The Morgan fingerprint density at radius 1 is 1.00 bits per heavy atom. The largest absolute Gasteiger partial charge is 0.457 e. The van der Waals surface area contributed by atoms with Crippen LogP contribution in [0.15, 0.2) is 64.8 Å². The first kappa shape index (κ1) is 13.4. The first-order chi connectivity index (χ1) is 10.2. The lowest BCUT2D eigenvalue weighted by atomic mass is 9.94. The fraction of sp³-hybridized carbons (Fsp3) is 0.176. The standard InChI is InChI=1S/C17H17N3O/c1-12-10-16(18)19-20-17(12)13-6-5-9-15(11-13)21-14-7-3-2-4-8-14/h2-9,11-12H,10H2,1H3,(H2,18,19). The molecule has 0 saturated heterocycles. The van der Waals surface area contributed by atoms with Crippen molar-refractivity contribution in [1.29, 1.82) is 0 Å². The Kier molecular flexibility index (Phi) is 3.69. The molecule has 1 aliphatic rings. The van der Waals surface area contributed by atoms with Gasteiger partial charge in [-0.3, -0.25) is 0 Å². The zero-order valence-electron chi connectivity index (χ0n) is 11.9. The van der Waals surface area contributed by atoms with Crippen LogP contribution in [0.5, 0.6) is 11.5 Å². The molecule has 1 unspecified atom stereocenters. The molecule has 1 heterocycles. The van der Waals surface area contributed by atoms with Crippen LogP contribution in [0.2, 0.25) is 0 Å². The summed E-state index contributed by atoms with van der Waals surface area (Å²) in [5.41, 5.74) is 7.68. The van der Waals surface area contributed by atoms with E-state index in [4.69, 9.17) is 10.5 Å². The Balaban J connectivity index is 1.87. The SMILES string of the molecule is CC1CC(N)=NN=C1c1cccc(Oc2ccccc2)c1. The number of nitrogens with two attached hydrogens (primary N) is 1. The van der Waals surface area contributed by atoms with E-state index < -0.39 is 0 Å². The summed E-state index contributed by atoms with van der Waals surface area (Å²) in [5, 5.41) is 8.23. The van der Waals surface area contributed by atoms with E-state index in [1.165, 1.54) is 0 Å². The van der Waals surface area contributed by atoms with Gasteiger partial charge in [0.25, 0.3) is 0 Å². The average molecular weight is 279 g/mol. The van der Waals surface area contributed by atoms with E-state index in [1.807, 2.05) is 54.6 Å².